The predicted octanol–water partition coefficient (Wildman–Crippen LogP) is 7.09. The van der Waals surface area contributed by atoms with Gasteiger partial charge in [-0.2, -0.15) is 0 Å². The van der Waals surface area contributed by atoms with E-state index in [-0.39, 0.29) is 22.1 Å². The lowest BCUT2D eigenvalue weighted by molar-refractivity contribution is -0.110. The molecule has 2 aromatic carbocycles. The van der Waals surface area contributed by atoms with Crippen LogP contribution in [0.25, 0.3) is 0 Å². The van der Waals surface area contributed by atoms with Crippen LogP contribution in [0.1, 0.15) is 89.8 Å². The largest absolute Gasteiger partial charge is 0.276 e. The molecule has 4 heteroatoms. The van der Waals surface area contributed by atoms with E-state index in [1.807, 2.05) is 0 Å². The molecule has 2 nitrogen and oxygen atoms in total. The van der Waals surface area contributed by atoms with Crippen LogP contribution in [0.3, 0.4) is 0 Å². The number of benzene rings is 2. The number of carbonyl (C=O) groups excluding carboxylic acids is 2. The minimum atomic E-state index is -0.659. The first-order chi connectivity index (χ1) is 15.1. The molecule has 2 unspecified atom stereocenters. The molecule has 2 atom stereocenters. The Labute approximate surface area is 199 Å². The van der Waals surface area contributed by atoms with Crippen molar-refractivity contribution in [3.8, 4) is 11.8 Å². The van der Waals surface area contributed by atoms with E-state index in [2.05, 4.69) is 50.0 Å². The highest BCUT2D eigenvalue weighted by atomic mass is 35.5. The van der Waals surface area contributed by atoms with Crippen LogP contribution >= 0.6 is 23.2 Å². The standard InChI is InChI=1S/C28H26Cl2O2/c1-26-12-19-13-27(2,15-26)17-28(14-19,16-26)20-9-6-18(7-10-20)8-11-21-22(24(29)31)4-3-5-23(21)25(30)32/h3-7,9-10,19H,12-17H2,1-2H3. The maximum absolute atomic E-state index is 11.8. The van der Waals surface area contributed by atoms with E-state index in [0.717, 1.165) is 11.5 Å². The van der Waals surface area contributed by atoms with Crippen molar-refractivity contribution in [3.63, 3.8) is 0 Å². The van der Waals surface area contributed by atoms with Crippen molar-refractivity contribution in [2.75, 3.05) is 0 Å². The first kappa shape index (κ1) is 21.7. The lowest BCUT2D eigenvalue weighted by Gasteiger charge is -2.65. The van der Waals surface area contributed by atoms with Gasteiger partial charge in [-0.3, -0.25) is 9.59 Å². The van der Waals surface area contributed by atoms with Crippen LogP contribution in [0.15, 0.2) is 42.5 Å². The van der Waals surface area contributed by atoms with Crippen LogP contribution in [0.4, 0.5) is 0 Å². The lowest BCUT2D eigenvalue weighted by atomic mass is 9.39. The van der Waals surface area contributed by atoms with Crippen molar-refractivity contribution in [3.05, 3.63) is 70.3 Å². The van der Waals surface area contributed by atoms with Gasteiger partial charge in [0.05, 0.1) is 11.1 Å². The monoisotopic (exact) mass is 464 g/mol. The van der Waals surface area contributed by atoms with Crippen molar-refractivity contribution in [2.24, 2.45) is 16.7 Å². The van der Waals surface area contributed by atoms with Gasteiger partial charge in [0.25, 0.3) is 10.5 Å². The average Bonchev–Trinajstić information content (AvgIpc) is 2.69. The fraction of sp³-hybridized carbons (Fsp3) is 0.429. The van der Waals surface area contributed by atoms with Crippen LogP contribution in [-0.2, 0) is 5.41 Å². The molecule has 4 aliphatic rings. The number of halogens is 2. The van der Waals surface area contributed by atoms with Gasteiger partial charge < -0.3 is 0 Å². The first-order valence-electron chi connectivity index (χ1n) is 11.3. The molecule has 0 heterocycles. The Kier molecular flexibility index (Phi) is 5.08. The highest BCUT2D eigenvalue weighted by Gasteiger charge is 2.60. The zero-order valence-corrected chi connectivity index (χ0v) is 19.9. The van der Waals surface area contributed by atoms with Gasteiger partial charge in [-0.05, 0) is 114 Å². The quantitative estimate of drug-likeness (QED) is 0.358. The summed E-state index contributed by atoms with van der Waals surface area (Å²) in [4.78, 5) is 23.6. The fourth-order valence-corrected chi connectivity index (χ4v) is 8.14. The summed E-state index contributed by atoms with van der Waals surface area (Å²) in [5.41, 5.74) is 4.14. The Bertz CT molecular complexity index is 1130. The average molecular weight is 465 g/mol. The van der Waals surface area contributed by atoms with E-state index >= 15 is 0 Å². The lowest BCUT2D eigenvalue weighted by Crippen LogP contribution is -2.56. The second kappa shape index (κ2) is 7.47. The molecule has 0 saturated heterocycles. The second-order valence-corrected chi connectivity index (χ2v) is 11.7. The van der Waals surface area contributed by atoms with Crippen LogP contribution in [0, 0.1) is 28.6 Å². The molecule has 4 aliphatic carbocycles. The number of hydrogen-bond donors (Lipinski definition) is 0. The molecule has 0 aromatic heterocycles. The molecule has 0 aliphatic heterocycles. The second-order valence-electron chi connectivity index (χ2n) is 11.0. The van der Waals surface area contributed by atoms with Gasteiger partial charge in [0.15, 0.2) is 0 Å². The van der Waals surface area contributed by atoms with Crippen molar-refractivity contribution in [2.45, 2.75) is 57.8 Å². The molecule has 0 amide bonds. The van der Waals surface area contributed by atoms with Gasteiger partial charge in [-0.15, -0.1) is 0 Å². The van der Waals surface area contributed by atoms with E-state index in [4.69, 9.17) is 23.2 Å². The summed E-state index contributed by atoms with van der Waals surface area (Å²) in [6.07, 6.45) is 7.99. The minimum Gasteiger partial charge on any atom is -0.276 e. The minimum absolute atomic E-state index is 0.192. The van der Waals surface area contributed by atoms with E-state index in [1.54, 1.807) is 18.2 Å². The third kappa shape index (κ3) is 3.70. The highest BCUT2D eigenvalue weighted by Crippen LogP contribution is 2.69. The van der Waals surface area contributed by atoms with Crippen molar-refractivity contribution in [1.82, 2.24) is 0 Å². The van der Waals surface area contributed by atoms with Gasteiger partial charge in [0.1, 0.15) is 0 Å². The van der Waals surface area contributed by atoms with Crippen molar-refractivity contribution >= 4 is 33.7 Å². The molecular formula is C28H26Cl2O2. The summed E-state index contributed by atoms with van der Waals surface area (Å²) >= 11 is 11.4. The van der Waals surface area contributed by atoms with E-state index in [1.165, 1.54) is 44.1 Å². The molecule has 0 spiro atoms. The number of rotatable bonds is 3. The molecule has 4 bridgehead atoms. The molecule has 6 rings (SSSR count). The van der Waals surface area contributed by atoms with Crippen molar-refractivity contribution < 1.29 is 9.59 Å². The Morgan fingerprint density at radius 1 is 0.812 bits per heavy atom. The van der Waals surface area contributed by atoms with E-state index in [0.29, 0.717) is 10.8 Å². The summed E-state index contributed by atoms with van der Waals surface area (Å²) in [5.74, 6) is 6.91. The number of hydrogen-bond acceptors (Lipinski definition) is 2. The van der Waals surface area contributed by atoms with Gasteiger partial charge in [-0.25, -0.2) is 0 Å². The third-order valence-electron chi connectivity index (χ3n) is 7.94. The number of carbonyl (C=O) groups is 2. The first-order valence-corrected chi connectivity index (χ1v) is 12.0. The normalized spacial score (nSPS) is 32.3. The SMILES string of the molecule is CC12CC3CC(C)(C1)CC(c1ccc(C#Cc4c(C(=O)Cl)cccc4C(=O)Cl)cc1)(C3)C2. The van der Waals surface area contributed by atoms with Crippen molar-refractivity contribution in [1.29, 1.82) is 0 Å². The molecule has 0 radical (unpaired) electrons. The van der Waals surface area contributed by atoms with Gasteiger partial charge in [0, 0.05) is 11.1 Å². The van der Waals surface area contributed by atoms with Gasteiger partial charge in [-0.1, -0.05) is 43.9 Å². The molecule has 164 valence electrons. The molecule has 2 aromatic rings. The van der Waals surface area contributed by atoms with Crippen LogP contribution < -0.4 is 0 Å². The van der Waals surface area contributed by atoms with E-state index in [9.17, 15) is 9.59 Å². The Balaban J connectivity index is 1.47. The Hall–Kier alpha value is -2.08. The van der Waals surface area contributed by atoms with E-state index < -0.39 is 10.5 Å². The maximum Gasteiger partial charge on any atom is 0.253 e. The predicted molar refractivity (Wildman–Crippen MR) is 128 cm³/mol. The van der Waals surface area contributed by atoms with Crippen LogP contribution in [-0.4, -0.2) is 10.5 Å². The zero-order chi connectivity index (χ0) is 22.7. The summed E-state index contributed by atoms with van der Waals surface area (Å²) in [6, 6.07) is 13.3. The molecule has 32 heavy (non-hydrogen) atoms. The Morgan fingerprint density at radius 3 is 1.88 bits per heavy atom. The van der Waals surface area contributed by atoms with Gasteiger partial charge >= 0.3 is 0 Å². The summed E-state index contributed by atoms with van der Waals surface area (Å²) in [5, 5.41) is -1.32. The topological polar surface area (TPSA) is 34.1 Å². The van der Waals surface area contributed by atoms with Crippen LogP contribution in [0.2, 0.25) is 0 Å². The zero-order valence-electron chi connectivity index (χ0n) is 18.4. The third-order valence-corrected chi connectivity index (χ3v) is 8.35. The molecular weight excluding hydrogens is 439 g/mol. The summed E-state index contributed by atoms with van der Waals surface area (Å²) in [6.45, 7) is 4.99. The molecule has 0 N–H and O–H groups in total. The van der Waals surface area contributed by atoms with Crippen LogP contribution in [0.5, 0.6) is 0 Å². The maximum atomic E-state index is 11.8. The summed E-state index contributed by atoms with van der Waals surface area (Å²) in [7, 11) is 0. The highest BCUT2D eigenvalue weighted by molar-refractivity contribution is 6.69. The summed E-state index contributed by atoms with van der Waals surface area (Å²) < 4.78 is 0. The molecule has 4 saturated carbocycles. The molecule has 4 fully saturated rings. The van der Waals surface area contributed by atoms with Gasteiger partial charge in [0.2, 0.25) is 0 Å². The smallest absolute Gasteiger partial charge is 0.253 e. The fourth-order valence-electron chi connectivity index (χ4n) is 7.83. The Morgan fingerprint density at radius 2 is 1.38 bits per heavy atom.